The van der Waals surface area contributed by atoms with Crippen LogP contribution in [0.5, 0.6) is 11.6 Å². The van der Waals surface area contributed by atoms with Gasteiger partial charge in [0.05, 0.1) is 46.3 Å². The maximum Gasteiger partial charge on any atom is 0.307 e. The number of para-hydroxylation sites is 1. The zero-order valence-corrected chi connectivity index (χ0v) is 20.4. The van der Waals surface area contributed by atoms with Crippen LogP contribution in [0.2, 0.25) is 0 Å². The Labute approximate surface area is 200 Å². The summed E-state index contributed by atoms with van der Waals surface area (Å²) in [7, 11) is 1.85. The molecule has 0 aliphatic carbocycles. The van der Waals surface area contributed by atoms with Gasteiger partial charge >= 0.3 is 5.97 Å². The van der Waals surface area contributed by atoms with Gasteiger partial charge in [-0.3, -0.25) is 4.79 Å². The lowest BCUT2D eigenvalue weighted by Gasteiger charge is -2.29. The van der Waals surface area contributed by atoms with E-state index in [1.807, 2.05) is 69.7 Å². The molecule has 9 heteroatoms. The van der Waals surface area contributed by atoms with Gasteiger partial charge in [0.25, 0.3) is 0 Å². The molecule has 0 bridgehead atoms. The van der Waals surface area contributed by atoms with Crippen molar-refractivity contribution < 1.29 is 27.2 Å². The van der Waals surface area contributed by atoms with Crippen LogP contribution in [0.15, 0.2) is 83.9 Å². The standard InChI is InChI=1S/C25H30N3O5S/c1-28(2,3)18-21(16-25(29)32-19-20-10-6-4-7-11-20)27-34(30,31)23-14-15-24(26-17-23)33-22-12-8-5-9-13-22/h4-15,17,21,27H,16,18-19H2,1-3H3/q+1/t21-/m1/s1. The second-order valence-corrected chi connectivity index (χ2v) is 10.6. The van der Waals surface area contributed by atoms with Crippen molar-refractivity contribution in [3.8, 4) is 11.6 Å². The highest BCUT2D eigenvalue weighted by atomic mass is 32.2. The Hall–Kier alpha value is -3.27. The number of esters is 1. The summed E-state index contributed by atoms with van der Waals surface area (Å²) in [5, 5.41) is 0. The van der Waals surface area contributed by atoms with Crippen molar-refractivity contribution >= 4 is 16.0 Å². The number of benzene rings is 2. The van der Waals surface area contributed by atoms with Crippen LogP contribution in [0, 0.1) is 0 Å². The van der Waals surface area contributed by atoms with Gasteiger partial charge in [-0.15, -0.1) is 0 Å². The summed E-state index contributed by atoms with van der Waals surface area (Å²) in [5.41, 5.74) is 0.864. The topological polar surface area (TPSA) is 94.6 Å². The number of carbonyl (C=O) groups is 1. The van der Waals surface area contributed by atoms with Crippen LogP contribution in [-0.4, -0.2) is 57.6 Å². The summed E-state index contributed by atoms with van der Waals surface area (Å²) in [6, 6.07) is 20.7. The maximum absolute atomic E-state index is 13.0. The van der Waals surface area contributed by atoms with Crippen molar-refractivity contribution in [3.05, 3.63) is 84.6 Å². The molecule has 8 nitrogen and oxygen atoms in total. The van der Waals surface area contributed by atoms with E-state index in [-0.39, 0.29) is 23.8 Å². The number of quaternary nitrogens is 1. The number of sulfonamides is 1. The van der Waals surface area contributed by atoms with Crippen LogP contribution in [0.1, 0.15) is 12.0 Å². The molecule has 0 radical (unpaired) electrons. The summed E-state index contributed by atoms with van der Waals surface area (Å²) in [6.07, 6.45) is 1.14. The number of likely N-dealkylation sites (N-methyl/N-ethyl adjacent to an activating group) is 1. The first-order valence-electron chi connectivity index (χ1n) is 10.8. The molecule has 0 saturated carbocycles. The third-order valence-electron chi connectivity index (χ3n) is 4.73. The normalized spacial score (nSPS) is 12.7. The Morgan fingerprint density at radius 2 is 1.62 bits per heavy atom. The Kier molecular flexibility index (Phi) is 8.38. The number of hydrogen-bond donors (Lipinski definition) is 1. The van der Waals surface area contributed by atoms with E-state index < -0.39 is 22.0 Å². The largest absolute Gasteiger partial charge is 0.461 e. The summed E-state index contributed by atoms with van der Waals surface area (Å²) in [6.45, 7) is 0.526. The van der Waals surface area contributed by atoms with Gasteiger partial charge in [0.15, 0.2) is 0 Å². The molecule has 1 heterocycles. The summed E-state index contributed by atoms with van der Waals surface area (Å²) in [5.74, 6) is 0.396. The Balaban J connectivity index is 1.66. The molecule has 0 amide bonds. The summed E-state index contributed by atoms with van der Waals surface area (Å²) in [4.78, 5) is 16.6. The van der Waals surface area contributed by atoms with E-state index in [1.165, 1.54) is 18.3 Å². The highest BCUT2D eigenvalue weighted by molar-refractivity contribution is 7.89. The fourth-order valence-corrected chi connectivity index (χ4v) is 4.46. The van der Waals surface area contributed by atoms with E-state index >= 15 is 0 Å². The van der Waals surface area contributed by atoms with Crippen LogP contribution < -0.4 is 9.46 Å². The van der Waals surface area contributed by atoms with Gasteiger partial charge in [-0.25, -0.2) is 18.1 Å². The minimum Gasteiger partial charge on any atom is -0.461 e. The van der Waals surface area contributed by atoms with Gasteiger partial charge in [0.1, 0.15) is 17.3 Å². The van der Waals surface area contributed by atoms with E-state index in [9.17, 15) is 13.2 Å². The predicted octanol–water partition coefficient (Wildman–Crippen LogP) is 3.36. The molecule has 0 saturated heterocycles. The summed E-state index contributed by atoms with van der Waals surface area (Å²) >= 11 is 0. The van der Waals surface area contributed by atoms with Crippen LogP contribution in [-0.2, 0) is 26.2 Å². The lowest BCUT2D eigenvalue weighted by Crippen LogP contribution is -2.49. The van der Waals surface area contributed by atoms with Gasteiger partial charge in [0, 0.05) is 6.07 Å². The van der Waals surface area contributed by atoms with Crippen LogP contribution in [0.4, 0.5) is 0 Å². The molecule has 3 rings (SSSR count). The Bertz CT molecular complexity index is 1160. The number of pyridine rings is 1. The van der Waals surface area contributed by atoms with Crippen molar-refractivity contribution in [1.82, 2.24) is 9.71 Å². The second-order valence-electron chi connectivity index (χ2n) is 8.89. The number of nitrogens with one attached hydrogen (secondary N) is 1. The molecule has 1 N–H and O–H groups in total. The van der Waals surface area contributed by atoms with Gasteiger partial charge < -0.3 is 14.0 Å². The van der Waals surface area contributed by atoms with Crippen molar-refractivity contribution in [3.63, 3.8) is 0 Å². The number of nitrogens with zero attached hydrogens (tertiary/aromatic N) is 2. The molecular weight excluding hydrogens is 454 g/mol. The molecule has 1 aromatic heterocycles. The van der Waals surface area contributed by atoms with Crippen molar-refractivity contribution in [2.24, 2.45) is 0 Å². The van der Waals surface area contributed by atoms with E-state index in [0.29, 0.717) is 16.8 Å². The monoisotopic (exact) mass is 484 g/mol. The number of carbonyl (C=O) groups excluding carboxylic acids is 1. The quantitative estimate of drug-likeness (QED) is 0.331. The second kappa shape index (κ2) is 11.2. The van der Waals surface area contributed by atoms with Gasteiger partial charge in [-0.1, -0.05) is 48.5 Å². The lowest BCUT2D eigenvalue weighted by molar-refractivity contribution is -0.871. The van der Waals surface area contributed by atoms with Crippen LogP contribution in [0.3, 0.4) is 0 Å². The van der Waals surface area contributed by atoms with Crippen molar-refractivity contribution in [1.29, 1.82) is 0 Å². The fourth-order valence-electron chi connectivity index (χ4n) is 3.29. The molecule has 0 spiro atoms. The first-order chi connectivity index (χ1) is 16.1. The number of aromatic nitrogens is 1. The molecule has 1 atom stereocenters. The Morgan fingerprint density at radius 1 is 0.971 bits per heavy atom. The highest BCUT2D eigenvalue weighted by Gasteiger charge is 2.28. The average molecular weight is 485 g/mol. The number of hydrogen-bond acceptors (Lipinski definition) is 6. The fraction of sp³-hybridized carbons (Fsp3) is 0.280. The molecule has 2 aromatic carbocycles. The van der Waals surface area contributed by atoms with Crippen molar-refractivity contribution in [2.75, 3.05) is 27.7 Å². The SMILES string of the molecule is C[N+](C)(C)C[C@@H](CC(=O)OCc1ccccc1)NS(=O)(=O)c1ccc(Oc2ccccc2)nc1. The van der Waals surface area contributed by atoms with E-state index in [4.69, 9.17) is 9.47 Å². The predicted molar refractivity (Wildman–Crippen MR) is 129 cm³/mol. The number of ether oxygens (including phenoxy) is 2. The molecule has 0 unspecified atom stereocenters. The lowest BCUT2D eigenvalue weighted by atomic mass is 10.2. The smallest absolute Gasteiger partial charge is 0.307 e. The Morgan fingerprint density at radius 3 is 2.21 bits per heavy atom. The first-order valence-corrected chi connectivity index (χ1v) is 12.3. The van der Waals surface area contributed by atoms with Crippen LogP contribution >= 0.6 is 0 Å². The minimum atomic E-state index is -3.92. The molecule has 0 fully saturated rings. The molecular formula is C25H30N3O5S+. The van der Waals surface area contributed by atoms with Crippen LogP contribution in [0.25, 0.3) is 0 Å². The minimum absolute atomic E-state index is 0.0167. The summed E-state index contributed by atoms with van der Waals surface area (Å²) < 4.78 is 40.1. The third kappa shape index (κ3) is 8.26. The van der Waals surface area contributed by atoms with Crippen molar-refractivity contribution in [2.45, 2.75) is 24.0 Å². The van der Waals surface area contributed by atoms with Gasteiger partial charge in [-0.2, -0.15) is 0 Å². The molecule has 180 valence electrons. The zero-order valence-electron chi connectivity index (χ0n) is 19.5. The average Bonchev–Trinajstić information content (AvgIpc) is 2.78. The third-order valence-corrected chi connectivity index (χ3v) is 6.24. The molecule has 0 aliphatic heterocycles. The van der Waals surface area contributed by atoms with E-state index in [2.05, 4.69) is 9.71 Å². The molecule has 34 heavy (non-hydrogen) atoms. The zero-order chi connectivity index (χ0) is 24.6. The first kappa shape index (κ1) is 25.4. The molecule has 0 aliphatic rings. The van der Waals surface area contributed by atoms with E-state index in [0.717, 1.165) is 5.56 Å². The molecule has 3 aromatic rings. The highest BCUT2D eigenvalue weighted by Crippen LogP contribution is 2.20. The number of rotatable bonds is 11. The van der Waals surface area contributed by atoms with Gasteiger partial charge in [-0.05, 0) is 23.8 Å². The maximum atomic E-state index is 13.0. The van der Waals surface area contributed by atoms with Gasteiger partial charge in [0.2, 0.25) is 15.9 Å². The van der Waals surface area contributed by atoms with E-state index in [1.54, 1.807) is 12.1 Å².